The number of hydrogen-bond acceptors (Lipinski definition) is 6. The molecule has 35 heavy (non-hydrogen) atoms. The number of carbonyl (C=O) groups is 1. The van der Waals surface area contributed by atoms with Crippen LogP contribution < -0.4 is 24.3 Å². The van der Waals surface area contributed by atoms with Gasteiger partial charge in [-0.3, -0.25) is 0 Å². The van der Waals surface area contributed by atoms with Crippen LogP contribution in [0.1, 0.15) is 0 Å². The van der Waals surface area contributed by atoms with Crippen LogP contribution in [0.4, 0.5) is 19.3 Å². The Bertz CT molecular complexity index is 1470. The number of fused-ring (bicyclic) bond motifs is 2. The van der Waals surface area contributed by atoms with Gasteiger partial charge in [-0.25, -0.2) is 4.79 Å². The smallest absolute Gasteiger partial charge is 0.454 e. The quantitative estimate of drug-likeness (QED) is 0.374. The fourth-order valence-corrected chi connectivity index (χ4v) is 3.91. The molecule has 3 aromatic carbocycles. The van der Waals surface area contributed by atoms with Crippen LogP contribution >= 0.6 is 11.6 Å². The van der Waals surface area contributed by atoms with Crippen LogP contribution in [0.2, 0.25) is 5.02 Å². The first-order valence-corrected chi connectivity index (χ1v) is 10.7. The van der Waals surface area contributed by atoms with Crippen molar-refractivity contribution in [2.75, 3.05) is 12.1 Å². The molecule has 1 aromatic heterocycles. The fraction of sp³-hybridized carbons (Fsp3) is 0.0833. The van der Waals surface area contributed by atoms with Gasteiger partial charge in [-0.1, -0.05) is 29.8 Å². The Morgan fingerprint density at radius 1 is 0.914 bits per heavy atom. The number of benzene rings is 3. The second-order valence-corrected chi connectivity index (χ2v) is 8.11. The first-order valence-electron chi connectivity index (χ1n) is 10.3. The van der Waals surface area contributed by atoms with Crippen molar-refractivity contribution < 1.29 is 32.5 Å². The normalized spacial score (nSPS) is 14.7. The van der Waals surface area contributed by atoms with Gasteiger partial charge in [0.25, 0.3) is 0 Å². The van der Waals surface area contributed by atoms with Crippen LogP contribution in [0.15, 0.2) is 66.9 Å². The third-order valence-electron chi connectivity index (χ3n) is 5.38. The van der Waals surface area contributed by atoms with Gasteiger partial charge in [-0.05, 0) is 42.0 Å². The first kappa shape index (κ1) is 21.2. The Morgan fingerprint density at radius 3 is 2.46 bits per heavy atom. The summed E-state index contributed by atoms with van der Waals surface area (Å²) in [6.45, 7) is 0.131. The molecule has 6 rings (SSSR count). The SMILES string of the molecule is O=C(Nc1ccc2c(c1)OC(F)(F)O2)n1cc(-c2ccc3c(c2)OCO3)c(-c2ccc(Cl)cc2)n1. The largest absolute Gasteiger partial charge is 0.586 e. The minimum absolute atomic E-state index is 0.123. The first-order chi connectivity index (χ1) is 16.8. The number of rotatable bonds is 3. The monoisotopic (exact) mass is 497 g/mol. The molecule has 0 saturated carbocycles. The maximum atomic E-state index is 13.3. The summed E-state index contributed by atoms with van der Waals surface area (Å²) in [4.78, 5) is 13.0. The molecule has 0 saturated heterocycles. The summed E-state index contributed by atoms with van der Waals surface area (Å²) >= 11 is 6.04. The minimum atomic E-state index is -3.75. The number of halogens is 3. The lowest BCUT2D eigenvalue weighted by Gasteiger charge is -2.05. The number of alkyl halides is 2. The number of nitrogens with zero attached hydrogens (tertiary/aromatic N) is 2. The van der Waals surface area contributed by atoms with Gasteiger partial charge in [0.05, 0.1) is 0 Å². The van der Waals surface area contributed by atoms with Crippen LogP contribution in [-0.2, 0) is 0 Å². The van der Waals surface area contributed by atoms with Gasteiger partial charge in [-0.2, -0.15) is 9.78 Å². The predicted octanol–water partition coefficient (Wildman–Crippen LogP) is 6.00. The summed E-state index contributed by atoms with van der Waals surface area (Å²) in [7, 11) is 0. The molecule has 0 spiro atoms. The Labute approximate surface area is 201 Å². The lowest BCUT2D eigenvalue weighted by atomic mass is 10.0. The fourth-order valence-electron chi connectivity index (χ4n) is 3.78. The summed E-state index contributed by atoms with van der Waals surface area (Å²) in [6.07, 6.45) is -2.18. The van der Waals surface area contributed by atoms with E-state index >= 15 is 0 Å². The minimum Gasteiger partial charge on any atom is -0.454 e. The molecule has 0 bridgehead atoms. The van der Waals surface area contributed by atoms with Crippen molar-refractivity contribution in [2.45, 2.75) is 6.29 Å². The topological polar surface area (TPSA) is 83.8 Å². The molecule has 11 heteroatoms. The van der Waals surface area contributed by atoms with Crippen LogP contribution in [0.25, 0.3) is 22.4 Å². The third-order valence-corrected chi connectivity index (χ3v) is 5.63. The Morgan fingerprint density at radius 2 is 1.63 bits per heavy atom. The van der Waals surface area contributed by atoms with E-state index < -0.39 is 12.3 Å². The highest BCUT2D eigenvalue weighted by atomic mass is 35.5. The molecule has 3 heterocycles. The van der Waals surface area contributed by atoms with E-state index in [9.17, 15) is 13.6 Å². The number of nitrogens with one attached hydrogen (secondary N) is 1. The summed E-state index contributed by atoms with van der Waals surface area (Å²) in [6, 6.07) is 15.8. The molecule has 0 unspecified atom stereocenters. The zero-order valence-electron chi connectivity index (χ0n) is 17.6. The molecule has 1 N–H and O–H groups in total. The van der Waals surface area contributed by atoms with Crippen molar-refractivity contribution in [3.63, 3.8) is 0 Å². The number of amides is 1. The van der Waals surface area contributed by atoms with Crippen molar-refractivity contribution >= 4 is 23.3 Å². The van der Waals surface area contributed by atoms with E-state index in [0.29, 0.717) is 27.8 Å². The van der Waals surface area contributed by atoms with Gasteiger partial charge in [0.2, 0.25) is 6.79 Å². The third kappa shape index (κ3) is 3.97. The molecule has 2 aliphatic heterocycles. The van der Waals surface area contributed by atoms with Crippen LogP contribution in [-0.4, -0.2) is 28.9 Å². The molecule has 8 nitrogen and oxygen atoms in total. The van der Waals surface area contributed by atoms with E-state index in [4.69, 9.17) is 21.1 Å². The van der Waals surface area contributed by atoms with E-state index in [-0.39, 0.29) is 24.0 Å². The number of anilines is 1. The zero-order chi connectivity index (χ0) is 24.2. The van der Waals surface area contributed by atoms with Gasteiger partial charge < -0.3 is 24.3 Å². The molecule has 0 atom stereocenters. The van der Waals surface area contributed by atoms with E-state index in [2.05, 4.69) is 19.9 Å². The molecule has 4 aromatic rings. The Balaban J connectivity index is 1.35. The molecule has 2 aliphatic rings. The highest BCUT2D eigenvalue weighted by Gasteiger charge is 2.43. The summed E-state index contributed by atoms with van der Waals surface area (Å²) in [5, 5.41) is 7.67. The van der Waals surface area contributed by atoms with Crippen molar-refractivity contribution in [1.29, 1.82) is 0 Å². The average molecular weight is 498 g/mol. The lowest BCUT2D eigenvalue weighted by Crippen LogP contribution is -2.25. The van der Waals surface area contributed by atoms with Gasteiger partial charge in [0.15, 0.2) is 23.0 Å². The predicted molar refractivity (Wildman–Crippen MR) is 121 cm³/mol. The highest BCUT2D eigenvalue weighted by Crippen LogP contribution is 2.42. The Kier molecular flexibility index (Phi) is 4.78. The summed E-state index contributed by atoms with van der Waals surface area (Å²) in [5.74, 6) is 0.901. The number of carbonyl (C=O) groups excluding carboxylic acids is 1. The van der Waals surface area contributed by atoms with Crippen molar-refractivity contribution in [3.05, 3.63) is 71.9 Å². The van der Waals surface area contributed by atoms with E-state index in [1.807, 2.05) is 6.07 Å². The molecule has 1 amide bonds. The zero-order valence-corrected chi connectivity index (χ0v) is 18.4. The highest BCUT2D eigenvalue weighted by molar-refractivity contribution is 6.30. The van der Waals surface area contributed by atoms with Gasteiger partial charge in [0, 0.05) is 34.1 Å². The van der Waals surface area contributed by atoms with E-state index in [1.165, 1.54) is 18.2 Å². The number of hydrogen-bond donors (Lipinski definition) is 1. The van der Waals surface area contributed by atoms with Crippen molar-refractivity contribution in [1.82, 2.24) is 9.78 Å². The van der Waals surface area contributed by atoms with Gasteiger partial charge >= 0.3 is 12.3 Å². The molecule has 0 aliphatic carbocycles. The van der Waals surface area contributed by atoms with Crippen molar-refractivity contribution in [2.24, 2.45) is 0 Å². The molecule has 0 fully saturated rings. The molecule has 176 valence electrons. The summed E-state index contributed by atoms with van der Waals surface area (Å²) < 4.78 is 47.4. The molecule has 0 radical (unpaired) electrons. The average Bonchev–Trinajstić information content (AvgIpc) is 3.54. The molecular weight excluding hydrogens is 484 g/mol. The maximum absolute atomic E-state index is 13.3. The Hall–Kier alpha value is -4.31. The van der Waals surface area contributed by atoms with E-state index in [0.717, 1.165) is 15.8 Å². The molecular formula is C24H14ClF2N3O5. The van der Waals surface area contributed by atoms with Gasteiger partial charge in [-0.15, -0.1) is 8.78 Å². The van der Waals surface area contributed by atoms with Crippen LogP contribution in [0.3, 0.4) is 0 Å². The van der Waals surface area contributed by atoms with E-state index in [1.54, 1.807) is 42.6 Å². The van der Waals surface area contributed by atoms with Crippen LogP contribution in [0.5, 0.6) is 23.0 Å². The number of aromatic nitrogens is 2. The number of ether oxygens (including phenoxy) is 4. The summed E-state index contributed by atoms with van der Waals surface area (Å²) in [5.41, 5.74) is 2.90. The second-order valence-electron chi connectivity index (χ2n) is 7.67. The van der Waals surface area contributed by atoms with Crippen LogP contribution in [0, 0.1) is 0 Å². The maximum Gasteiger partial charge on any atom is 0.586 e. The standard InChI is InChI=1S/C24H14ClF2N3O5/c25-15-4-1-13(2-5-15)22-17(14-3-7-18-20(9-14)33-12-32-18)11-30(29-22)23(31)28-16-6-8-19-21(10-16)35-24(26,27)34-19/h1-11H,12H2,(H,28,31). The lowest BCUT2D eigenvalue weighted by molar-refractivity contribution is -0.286. The van der Waals surface area contributed by atoms with Crippen molar-refractivity contribution in [3.8, 4) is 45.4 Å². The van der Waals surface area contributed by atoms with Gasteiger partial charge in [0.1, 0.15) is 5.69 Å². The second kappa shape index (κ2) is 7.88.